The van der Waals surface area contributed by atoms with Gasteiger partial charge in [0.2, 0.25) is 5.91 Å². The topological polar surface area (TPSA) is 72.4 Å². The van der Waals surface area contributed by atoms with E-state index in [1.165, 1.54) is 12.1 Å². The number of carbonyl (C=O) groups is 1. The molecule has 0 bridgehead atoms. The molecule has 8 heteroatoms. The van der Waals surface area contributed by atoms with Crippen LogP contribution in [0.1, 0.15) is 23.7 Å². The lowest BCUT2D eigenvalue weighted by Crippen LogP contribution is -2.25. The van der Waals surface area contributed by atoms with Gasteiger partial charge in [-0.15, -0.1) is 0 Å². The molecule has 1 fully saturated rings. The normalized spacial score (nSPS) is 17.5. The zero-order valence-electron chi connectivity index (χ0n) is 13.2. The number of hydrogen-bond acceptors (Lipinski definition) is 5. The Balaban J connectivity index is 1.58. The average molecular weight is 406 g/mol. The number of furan rings is 1. The lowest BCUT2D eigenvalue weighted by atomic mass is 10.1. The summed E-state index contributed by atoms with van der Waals surface area (Å²) in [7, 11) is 0. The number of nitrogens with zero attached hydrogens (tertiary/aromatic N) is 3. The van der Waals surface area contributed by atoms with Crippen molar-refractivity contribution in [3.05, 3.63) is 52.2 Å². The third-order valence-corrected chi connectivity index (χ3v) is 4.60. The van der Waals surface area contributed by atoms with Gasteiger partial charge in [-0.25, -0.2) is 4.39 Å². The summed E-state index contributed by atoms with van der Waals surface area (Å²) >= 11 is 3.22. The average Bonchev–Trinajstić information content (AvgIpc) is 3.29. The van der Waals surface area contributed by atoms with Crippen molar-refractivity contribution in [2.45, 2.75) is 19.3 Å². The number of carbonyl (C=O) groups excluding carboxylic acids is 1. The predicted octanol–water partition coefficient (Wildman–Crippen LogP) is 4.06. The van der Waals surface area contributed by atoms with Crippen LogP contribution in [0, 0.1) is 12.7 Å². The summed E-state index contributed by atoms with van der Waals surface area (Å²) < 4.78 is 24.7. The van der Waals surface area contributed by atoms with Gasteiger partial charge in [0.15, 0.2) is 16.3 Å². The van der Waals surface area contributed by atoms with Crippen LogP contribution < -0.4 is 4.90 Å². The summed E-state index contributed by atoms with van der Waals surface area (Å²) in [5.74, 6) is 0.465. The Morgan fingerprint density at radius 1 is 1.32 bits per heavy atom. The molecular weight excluding hydrogens is 393 g/mol. The van der Waals surface area contributed by atoms with E-state index >= 15 is 0 Å². The van der Waals surface area contributed by atoms with Crippen LogP contribution >= 0.6 is 15.9 Å². The Labute approximate surface area is 150 Å². The van der Waals surface area contributed by atoms with E-state index in [1.54, 1.807) is 23.1 Å². The molecule has 1 aliphatic heterocycles. The molecule has 4 rings (SSSR count). The second-order valence-corrected chi connectivity index (χ2v) is 6.68. The van der Waals surface area contributed by atoms with E-state index in [9.17, 15) is 9.18 Å². The molecule has 3 heterocycles. The minimum Gasteiger partial charge on any atom is -0.444 e. The second-order valence-electron chi connectivity index (χ2n) is 5.90. The van der Waals surface area contributed by atoms with E-state index in [2.05, 4.69) is 26.1 Å². The highest BCUT2D eigenvalue weighted by Crippen LogP contribution is 2.33. The molecule has 1 aromatic carbocycles. The number of amides is 1. The molecule has 0 radical (unpaired) electrons. The molecule has 0 aliphatic carbocycles. The van der Waals surface area contributed by atoms with Gasteiger partial charge < -0.3 is 13.8 Å². The largest absolute Gasteiger partial charge is 0.444 e. The molecule has 0 spiro atoms. The molecule has 1 atom stereocenters. The van der Waals surface area contributed by atoms with Gasteiger partial charge in [0.05, 0.1) is 0 Å². The number of benzene rings is 1. The van der Waals surface area contributed by atoms with E-state index < -0.39 is 0 Å². The van der Waals surface area contributed by atoms with Gasteiger partial charge >= 0.3 is 0 Å². The van der Waals surface area contributed by atoms with Crippen LogP contribution in [0.15, 0.2) is 43.9 Å². The number of rotatable bonds is 3. The lowest BCUT2D eigenvalue weighted by Gasteiger charge is -2.18. The Hall–Kier alpha value is -2.48. The smallest absolute Gasteiger partial charge is 0.293 e. The van der Waals surface area contributed by atoms with Crippen LogP contribution in [0.5, 0.6) is 0 Å². The summed E-state index contributed by atoms with van der Waals surface area (Å²) in [5.41, 5.74) is 1.41. The second kappa shape index (κ2) is 6.11. The highest BCUT2D eigenvalue weighted by molar-refractivity contribution is 9.10. The summed E-state index contributed by atoms with van der Waals surface area (Å²) in [6, 6.07) is 7.85. The fraction of sp³-hybridized carbons (Fsp3) is 0.235. The Morgan fingerprint density at radius 2 is 2.16 bits per heavy atom. The highest BCUT2D eigenvalue weighted by atomic mass is 79.9. The molecule has 1 aliphatic rings. The van der Waals surface area contributed by atoms with Gasteiger partial charge in [-0.1, -0.05) is 11.2 Å². The molecule has 3 aromatic rings. The van der Waals surface area contributed by atoms with Crippen molar-refractivity contribution in [1.82, 2.24) is 10.1 Å². The van der Waals surface area contributed by atoms with Crippen LogP contribution in [0.3, 0.4) is 0 Å². The molecule has 1 saturated heterocycles. The third kappa shape index (κ3) is 2.97. The Bertz CT molecular complexity index is 952. The molecule has 2 aromatic heterocycles. The van der Waals surface area contributed by atoms with E-state index in [0.29, 0.717) is 28.5 Å². The van der Waals surface area contributed by atoms with Crippen LogP contribution in [0.25, 0.3) is 11.7 Å². The van der Waals surface area contributed by atoms with Crippen molar-refractivity contribution in [3.63, 3.8) is 0 Å². The number of halogens is 2. The molecule has 0 saturated carbocycles. The van der Waals surface area contributed by atoms with E-state index in [0.717, 1.165) is 5.56 Å². The minimum atomic E-state index is -0.373. The quantitative estimate of drug-likeness (QED) is 0.656. The minimum absolute atomic E-state index is 0.0919. The Morgan fingerprint density at radius 3 is 2.92 bits per heavy atom. The molecule has 1 unspecified atom stereocenters. The SMILES string of the molecule is Cc1ccc(F)cc1N1CC(c2noc(-c3ccc(Br)o3)n2)CC1=O. The van der Waals surface area contributed by atoms with Crippen molar-refractivity contribution in [2.24, 2.45) is 0 Å². The Kier molecular flexibility index (Phi) is 3.91. The number of aryl methyl sites for hydroxylation is 1. The standard InChI is InChI=1S/C17H13BrFN3O3/c1-9-2-3-11(19)7-12(9)22-8-10(6-15(22)23)16-20-17(25-21-16)13-4-5-14(18)24-13/h2-5,7,10H,6,8H2,1H3. The first-order chi connectivity index (χ1) is 12.0. The fourth-order valence-electron chi connectivity index (χ4n) is 2.92. The summed E-state index contributed by atoms with van der Waals surface area (Å²) in [6.07, 6.45) is 0.247. The molecule has 25 heavy (non-hydrogen) atoms. The summed E-state index contributed by atoms with van der Waals surface area (Å²) in [6.45, 7) is 2.22. The van der Waals surface area contributed by atoms with E-state index in [1.807, 2.05) is 6.92 Å². The zero-order valence-corrected chi connectivity index (χ0v) is 14.8. The van der Waals surface area contributed by atoms with Gasteiger partial charge in [-0.2, -0.15) is 4.98 Å². The third-order valence-electron chi connectivity index (χ3n) is 4.18. The fourth-order valence-corrected chi connectivity index (χ4v) is 3.22. The summed E-state index contributed by atoms with van der Waals surface area (Å²) in [5, 5.41) is 3.97. The van der Waals surface area contributed by atoms with Crippen molar-refractivity contribution < 1.29 is 18.1 Å². The van der Waals surface area contributed by atoms with Crippen LogP contribution in [0.4, 0.5) is 10.1 Å². The van der Waals surface area contributed by atoms with Gasteiger partial charge in [0.25, 0.3) is 5.89 Å². The summed E-state index contributed by atoms with van der Waals surface area (Å²) in [4.78, 5) is 18.3. The predicted molar refractivity (Wildman–Crippen MR) is 90.5 cm³/mol. The lowest BCUT2D eigenvalue weighted by molar-refractivity contribution is -0.117. The van der Waals surface area contributed by atoms with Crippen LogP contribution in [-0.2, 0) is 4.79 Å². The van der Waals surface area contributed by atoms with Gasteiger partial charge in [0.1, 0.15) is 5.82 Å². The number of anilines is 1. The molecule has 6 nitrogen and oxygen atoms in total. The van der Waals surface area contributed by atoms with Gasteiger partial charge in [-0.3, -0.25) is 4.79 Å². The highest BCUT2D eigenvalue weighted by Gasteiger charge is 2.35. The maximum absolute atomic E-state index is 13.5. The van der Waals surface area contributed by atoms with Crippen molar-refractivity contribution >= 4 is 27.5 Å². The number of aromatic nitrogens is 2. The van der Waals surface area contributed by atoms with Crippen LogP contribution in [-0.4, -0.2) is 22.6 Å². The maximum atomic E-state index is 13.5. The first kappa shape index (κ1) is 16.0. The maximum Gasteiger partial charge on any atom is 0.293 e. The van der Waals surface area contributed by atoms with Gasteiger partial charge in [-0.05, 0) is 52.7 Å². The van der Waals surface area contributed by atoms with Crippen LogP contribution in [0.2, 0.25) is 0 Å². The zero-order chi connectivity index (χ0) is 17.6. The van der Waals surface area contributed by atoms with Crippen molar-refractivity contribution in [3.8, 4) is 11.7 Å². The van der Waals surface area contributed by atoms with Gasteiger partial charge in [0, 0.05) is 24.6 Å². The molecule has 1 amide bonds. The molecule has 0 N–H and O–H groups in total. The first-order valence-corrected chi connectivity index (χ1v) is 8.46. The first-order valence-electron chi connectivity index (χ1n) is 7.67. The van der Waals surface area contributed by atoms with E-state index in [4.69, 9.17) is 8.94 Å². The van der Waals surface area contributed by atoms with E-state index in [-0.39, 0.29) is 30.0 Å². The molecule has 128 valence electrons. The molecular formula is C17H13BrFN3O3. The van der Waals surface area contributed by atoms with Crippen molar-refractivity contribution in [1.29, 1.82) is 0 Å². The monoisotopic (exact) mass is 405 g/mol. The van der Waals surface area contributed by atoms with Crippen molar-refractivity contribution in [2.75, 3.05) is 11.4 Å². The number of hydrogen-bond donors (Lipinski definition) is 0.